The van der Waals surface area contributed by atoms with Crippen LogP contribution in [0.1, 0.15) is 34.2 Å². The smallest absolute Gasteiger partial charge is 0.312 e. The van der Waals surface area contributed by atoms with Crippen molar-refractivity contribution >= 4 is 17.5 Å². The van der Waals surface area contributed by atoms with E-state index in [-0.39, 0.29) is 17.5 Å². The first-order valence-corrected chi connectivity index (χ1v) is 10.4. The molecule has 0 radical (unpaired) electrons. The van der Waals surface area contributed by atoms with E-state index in [4.69, 9.17) is 0 Å². The van der Waals surface area contributed by atoms with E-state index in [0.717, 1.165) is 5.56 Å². The van der Waals surface area contributed by atoms with Gasteiger partial charge in [-0.05, 0) is 38.5 Å². The van der Waals surface area contributed by atoms with E-state index >= 15 is 0 Å². The van der Waals surface area contributed by atoms with E-state index in [1.807, 2.05) is 24.0 Å². The van der Waals surface area contributed by atoms with E-state index in [9.17, 15) is 19.7 Å². The van der Waals surface area contributed by atoms with Crippen LogP contribution in [0.15, 0.2) is 24.3 Å². The fourth-order valence-electron chi connectivity index (χ4n) is 3.78. The Bertz CT molecular complexity index is 961. The third-order valence-electron chi connectivity index (χ3n) is 5.46. The molecule has 31 heavy (non-hydrogen) atoms. The average molecular weight is 428 g/mol. The number of aryl methyl sites for hydroxylation is 1. The zero-order chi connectivity index (χ0) is 22.5. The maximum Gasteiger partial charge on any atom is 0.312 e. The molecule has 1 aliphatic heterocycles. The van der Waals surface area contributed by atoms with Crippen LogP contribution in [-0.4, -0.2) is 75.6 Å². The molecule has 1 aromatic heterocycles. The topological polar surface area (TPSA) is 114 Å². The molecule has 2 heterocycles. The predicted molar refractivity (Wildman–Crippen MR) is 115 cm³/mol. The van der Waals surface area contributed by atoms with Gasteiger partial charge in [-0.3, -0.25) is 29.3 Å². The van der Waals surface area contributed by atoms with Gasteiger partial charge < -0.3 is 10.2 Å². The van der Waals surface area contributed by atoms with Crippen molar-refractivity contribution in [3.63, 3.8) is 0 Å². The number of nitrogens with zero attached hydrogens (tertiary/aromatic N) is 5. The van der Waals surface area contributed by atoms with Crippen molar-refractivity contribution in [3.8, 4) is 0 Å². The van der Waals surface area contributed by atoms with E-state index in [1.165, 1.54) is 0 Å². The monoisotopic (exact) mass is 428 g/mol. The molecule has 1 fully saturated rings. The number of aromatic nitrogens is 2. The summed E-state index contributed by atoms with van der Waals surface area (Å²) in [7, 11) is 0. The van der Waals surface area contributed by atoms with Crippen molar-refractivity contribution in [3.05, 3.63) is 56.9 Å². The third-order valence-corrected chi connectivity index (χ3v) is 5.46. The normalized spacial score (nSPS) is 14.5. The molecule has 0 aliphatic carbocycles. The zero-order valence-corrected chi connectivity index (χ0v) is 18.1. The lowest BCUT2D eigenvalue weighted by atomic mass is 10.1. The summed E-state index contributed by atoms with van der Waals surface area (Å²) in [5.74, 6) is -0.0308. The molecule has 1 N–H and O–H groups in total. The van der Waals surface area contributed by atoms with Crippen LogP contribution in [0.5, 0.6) is 0 Å². The van der Waals surface area contributed by atoms with Crippen LogP contribution in [0.3, 0.4) is 0 Å². The van der Waals surface area contributed by atoms with Crippen LogP contribution in [0.25, 0.3) is 0 Å². The predicted octanol–water partition coefficient (Wildman–Crippen LogP) is 1.35. The minimum absolute atomic E-state index is 0.00538. The lowest BCUT2D eigenvalue weighted by molar-refractivity contribution is -0.386. The molecule has 10 nitrogen and oxygen atoms in total. The Hall–Kier alpha value is -3.27. The Kier molecular flexibility index (Phi) is 7.01. The lowest BCUT2D eigenvalue weighted by Gasteiger charge is -2.34. The first-order valence-electron chi connectivity index (χ1n) is 10.4. The summed E-state index contributed by atoms with van der Waals surface area (Å²) < 4.78 is 1.61. The molecule has 3 rings (SSSR count). The number of nitrogens with one attached hydrogen (secondary N) is 1. The number of hydrogen-bond donors (Lipinski definition) is 1. The Balaban J connectivity index is 1.58. The molecule has 0 bridgehead atoms. The van der Waals surface area contributed by atoms with Crippen LogP contribution in [0.4, 0.5) is 5.69 Å². The second-order valence-electron chi connectivity index (χ2n) is 7.65. The van der Waals surface area contributed by atoms with Crippen molar-refractivity contribution < 1.29 is 14.5 Å². The van der Waals surface area contributed by atoms with Crippen molar-refractivity contribution in [1.82, 2.24) is 24.9 Å². The average Bonchev–Trinajstić information content (AvgIpc) is 3.02. The summed E-state index contributed by atoms with van der Waals surface area (Å²) in [6, 6.07) is 7.25. The summed E-state index contributed by atoms with van der Waals surface area (Å²) >= 11 is 0. The van der Waals surface area contributed by atoms with Gasteiger partial charge >= 0.3 is 5.69 Å². The van der Waals surface area contributed by atoms with E-state index < -0.39 is 4.92 Å². The summed E-state index contributed by atoms with van der Waals surface area (Å²) in [5.41, 5.74) is 2.44. The number of hydrogen-bond acceptors (Lipinski definition) is 6. The van der Waals surface area contributed by atoms with Crippen LogP contribution in [0, 0.1) is 24.0 Å². The van der Waals surface area contributed by atoms with Gasteiger partial charge in [0.2, 0.25) is 5.91 Å². The van der Waals surface area contributed by atoms with Crippen LogP contribution in [0.2, 0.25) is 0 Å². The Morgan fingerprint density at radius 2 is 1.77 bits per heavy atom. The number of benzene rings is 1. The number of likely N-dealkylation sites (N-methyl/N-ethyl adjacent to an activating group) is 1. The zero-order valence-electron chi connectivity index (χ0n) is 18.1. The van der Waals surface area contributed by atoms with E-state index in [0.29, 0.717) is 62.8 Å². The molecule has 2 amide bonds. The van der Waals surface area contributed by atoms with Crippen LogP contribution < -0.4 is 5.32 Å². The van der Waals surface area contributed by atoms with E-state index in [1.54, 1.807) is 35.6 Å². The van der Waals surface area contributed by atoms with Crippen molar-refractivity contribution in [2.45, 2.75) is 27.3 Å². The maximum atomic E-state index is 12.8. The minimum atomic E-state index is -0.411. The Labute approximate surface area is 181 Å². The quantitative estimate of drug-likeness (QED) is 0.526. The number of carbonyl (C=O) groups excluding carboxylic acids is 2. The molecule has 1 aliphatic rings. The van der Waals surface area contributed by atoms with Crippen molar-refractivity contribution in [2.75, 3.05) is 39.3 Å². The highest BCUT2D eigenvalue weighted by Gasteiger charge is 2.24. The Morgan fingerprint density at radius 3 is 2.32 bits per heavy atom. The molecule has 10 heteroatoms. The van der Waals surface area contributed by atoms with E-state index in [2.05, 4.69) is 10.4 Å². The van der Waals surface area contributed by atoms with Crippen LogP contribution in [-0.2, 0) is 11.3 Å². The Morgan fingerprint density at radius 1 is 1.13 bits per heavy atom. The van der Waals surface area contributed by atoms with Gasteiger partial charge in [0.25, 0.3) is 5.91 Å². The lowest BCUT2D eigenvalue weighted by Crippen LogP contribution is -2.51. The second kappa shape index (κ2) is 9.69. The SMILES string of the molecule is CCNC(=O)CN1CCN(C(=O)c2ccc(Cn3nc(C)c([N+](=O)[O-])c3C)cc2)CC1. The van der Waals surface area contributed by atoms with Gasteiger partial charge in [-0.25, -0.2) is 0 Å². The first kappa shape index (κ1) is 22.4. The van der Waals surface area contributed by atoms with Gasteiger partial charge in [-0.2, -0.15) is 5.10 Å². The number of piperazine rings is 1. The molecular weight excluding hydrogens is 400 g/mol. The van der Waals surface area contributed by atoms with Gasteiger partial charge in [0.05, 0.1) is 18.0 Å². The highest BCUT2D eigenvalue weighted by atomic mass is 16.6. The molecule has 0 saturated carbocycles. The van der Waals surface area contributed by atoms with Crippen molar-refractivity contribution in [1.29, 1.82) is 0 Å². The molecular formula is C21H28N6O4. The van der Waals surface area contributed by atoms with Gasteiger partial charge in [0.15, 0.2) is 0 Å². The molecule has 1 saturated heterocycles. The van der Waals surface area contributed by atoms with Crippen LogP contribution >= 0.6 is 0 Å². The summed E-state index contributed by atoms with van der Waals surface area (Å²) in [5, 5.41) is 18.2. The number of nitro groups is 1. The standard InChI is InChI=1S/C21H28N6O4/c1-4-22-19(28)14-24-9-11-25(12-10-24)21(29)18-7-5-17(6-8-18)13-26-16(3)20(27(30)31)15(2)23-26/h5-8H,4,9-14H2,1-3H3,(H,22,28). The fourth-order valence-corrected chi connectivity index (χ4v) is 3.78. The molecule has 0 spiro atoms. The summed E-state index contributed by atoms with van der Waals surface area (Å²) in [4.78, 5) is 39.1. The fraction of sp³-hybridized carbons (Fsp3) is 0.476. The van der Waals surface area contributed by atoms with Gasteiger partial charge in [0.1, 0.15) is 11.4 Å². The summed E-state index contributed by atoms with van der Waals surface area (Å²) in [6.45, 7) is 9.05. The number of amides is 2. The summed E-state index contributed by atoms with van der Waals surface area (Å²) in [6.07, 6.45) is 0. The third kappa shape index (κ3) is 5.26. The largest absolute Gasteiger partial charge is 0.355 e. The highest BCUT2D eigenvalue weighted by molar-refractivity contribution is 5.94. The van der Waals surface area contributed by atoms with Gasteiger partial charge in [0, 0.05) is 38.3 Å². The first-order chi connectivity index (χ1) is 14.8. The number of rotatable bonds is 7. The van der Waals surface area contributed by atoms with Crippen molar-refractivity contribution in [2.24, 2.45) is 0 Å². The number of carbonyl (C=O) groups is 2. The molecule has 0 atom stereocenters. The minimum Gasteiger partial charge on any atom is -0.355 e. The second-order valence-corrected chi connectivity index (χ2v) is 7.65. The molecule has 2 aromatic rings. The van der Waals surface area contributed by atoms with Gasteiger partial charge in [-0.1, -0.05) is 12.1 Å². The molecule has 0 unspecified atom stereocenters. The molecule has 1 aromatic carbocycles. The van der Waals surface area contributed by atoms with Gasteiger partial charge in [-0.15, -0.1) is 0 Å². The molecule has 166 valence electrons. The maximum absolute atomic E-state index is 12.8. The highest BCUT2D eigenvalue weighted by Crippen LogP contribution is 2.22.